The van der Waals surface area contributed by atoms with E-state index >= 15 is 0 Å². The van der Waals surface area contributed by atoms with E-state index in [4.69, 9.17) is 23.2 Å². The second-order valence-corrected chi connectivity index (χ2v) is 3.19. The molecular weight excluding hydrogens is 222 g/mol. The molecule has 0 aliphatic carbocycles. The van der Waals surface area contributed by atoms with E-state index in [-0.39, 0.29) is 35.1 Å². The number of carbonyl (C=O) groups excluding carboxylic acids is 1. The second-order valence-electron chi connectivity index (χ2n) is 2.35. The maximum atomic E-state index is 10.5. The van der Waals surface area contributed by atoms with Gasteiger partial charge in [-0.25, -0.2) is 0 Å². The van der Waals surface area contributed by atoms with Crippen molar-refractivity contribution in [1.29, 1.82) is 0 Å². The number of carbonyl (C=O) groups is 1. The molecule has 1 rings (SSSR count). The van der Waals surface area contributed by atoms with Crippen LogP contribution in [0.3, 0.4) is 0 Å². The van der Waals surface area contributed by atoms with Crippen molar-refractivity contribution in [3.63, 3.8) is 0 Å². The van der Waals surface area contributed by atoms with E-state index in [1.54, 1.807) is 6.92 Å². The van der Waals surface area contributed by atoms with Gasteiger partial charge in [-0.15, -0.1) is 0 Å². The second kappa shape index (κ2) is 5.23. The SMILES string of the molecule is Cc1c(Cl)cc(Cl)cc1C(=O)[O-].[Na+]. The minimum Gasteiger partial charge on any atom is -0.545 e. The number of hydrogen-bond donors (Lipinski definition) is 0. The van der Waals surface area contributed by atoms with E-state index in [0.29, 0.717) is 15.6 Å². The quantitative estimate of drug-likeness (QED) is 0.557. The Morgan fingerprint density at radius 1 is 1.38 bits per heavy atom. The number of carboxylic acid groups (broad SMARTS) is 1. The van der Waals surface area contributed by atoms with Crippen molar-refractivity contribution in [2.24, 2.45) is 0 Å². The smallest absolute Gasteiger partial charge is 0.545 e. The van der Waals surface area contributed by atoms with Gasteiger partial charge in [-0.05, 0) is 24.6 Å². The number of benzene rings is 1. The van der Waals surface area contributed by atoms with Gasteiger partial charge in [-0.2, -0.15) is 0 Å². The molecule has 0 heterocycles. The minimum atomic E-state index is -1.27. The number of halogens is 2. The zero-order valence-electron chi connectivity index (χ0n) is 7.23. The fourth-order valence-corrected chi connectivity index (χ4v) is 1.35. The third kappa shape index (κ3) is 3.15. The first kappa shape index (κ1) is 13.3. The molecule has 0 atom stereocenters. The third-order valence-electron chi connectivity index (χ3n) is 1.53. The molecule has 0 unspecified atom stereocenters. The van der Waals surface area contributed by atoms with Gasteiger partial charge in [0.15, 0.2) is 0 Å². The molecule has 0 fully saturated rings. The van der Waals surface area contributed by atoms with Gasteiger partial charge in [0.2, 0.25) is 0 Å². The summed E-state index contributed by atoms with van der Waals surface area (Å²) in [5, 5.41) is 11.1. The van der Waals surface area contributed by atoms with E-state index < -0.39 is 5.97 Å². The molecule has 0 aliphatic heterocycles. The molecular formula is C8H5Cl2NaO2. The largest absolute Gasteiger partial charge is 1.00 e. The monoisotopic (exact) mass is 226 g/mol. The van der Waals surface area contributed by atoms with E-state index in [1.165, 1.54) is 12.1 Å². The summed E-state index contributed by atoms with van der Waals surface area (Å²) in [5.74, 6) is -1.27. The van der Waals surface area contributed by atoms with Crippen LogP contribution in [0.25, 0.3) is 0 Å². The molecule has 64 valence electrons. The van der Waals surface area contributed by atoms with Crippen LogP contribution in [0.4, 0.5) is 0 Å². The van der Waals surface area contributed by atoms with Crippen LogP contribution >= 0.6 is 23.2 Å². The van der Waals surface area contributed by atoms with E-state index in [2.05, 4.69) is 0 Å². The Kier molecular flexibility index (Phi) is 5.33. The van der Waals surface area contributed by atoms with Gasteiger partial charge >= 0.3 is 29.6 Å². The van der Waals surface area contributed by atoms with Crippen LogP contribution in [0.5, 0.6) is 0 Å². The van der Waals surface area contributed by atoms with Gasteiger partial charge in [0.05, 0.1) is 5.97 Å². The predicted octanol–water partition coefficient (Wildman–Crippen LogP) is -1.33. The first-order chi connectivity index (χ1) is 5.52. The zero-order chi connectivity index (χ0) is 9.30. The summed E-state index contributed by atoms with van der Waals surface area (Å²) >= 11 is 11.3. The molecule has 5 heteroatoms. The predicted molar refractivity (Wildman–Crippen MR) is 45.5 cm³/mol. The summed E-state index contributed by atoms with van der Waals surface area (Å²) in [6.07, 6.45) is 0. The molecule has 0 aromatic heterocycles. The molecule has 13 heavy (non-hydrogen) atoms. The summed E-state index contributed by atoms with van der Waals surface area (Å²) in [6.45, 7) is 1.60. The Labute approximate surface area is 108 Å². The average molecular weight is 227 g/mol. The first-order valence-corrected chi connectivity index (χ1v) is 3.95. The van der Waals surface area contributed by atoms with Crippen molar-refractivity contribution in [2.45, 2.75) is 6.92 Å². The van der Waals surface area contributed by atoms with Crippen molar-refractivity contribution < 1.29 is 39.5 Å². The zero-order valence-corrected chi connectivity index (χ0v) is 10.7. The molecule has 0 amide bonds. The normalized spacial score (nSPS) is 9.15. The molecule has 0 aliphatic rings. The molecule has 0 N–H and O–H groups in total. The summed E-state index contributed by atoms with van der Waals surface area (Å²) in [6, 6.07) is 2.81. The fourth-order valence-electron chi connectivity index (χ4n) is 0.858. The number of rotatable bonds is 1. The van der Waals surface area contributed by atoms with Gasteiger partial charge in [0.1, 0.15) is 0 Å². The Morgan fingerprint density at radius 3 is 2.38 bits per heavy atom. The van der Waals surface area contributed by atoms with Gasteiger partial charge < -0.3 is 9.90 Å². The van der Waals surface area contributed by atoms with Crippen LogP contribution in [0.1, 0.15) is 15.9 Å². The topological polar surface area (TPSA) is 40.1 Å². The molecule has 1 aromatic carbocycles. The molecule has 0 bridgehead atoms. The summed E-state index contributed by atoms with van der Waals surface area (Å²) in [5.41, 5.74) is 0.508. The summed E-state index contributed by atoms with van der Waals surface area (Å²) in [7, 11) is 0. The molecule has 0 spiro atoms. The number of hydrogen-bond acceptors (Lipinski definition) is 2. The van der Waals surface area contributed by atoms with Gasteiger partial charge in [-0.3, -0.25) is 0 Å². The molecule has 1 aromatic rings. The Morgan fingerprint density at radius 2 is 1.92 bits per heavy atom. The Hall–Kier alpha value is 0.270. The fraction of sp³-hybridized carbons (Fsp3) is 0.125. The van der Waals surface area contributed by atoms with Gasteiger partial charge in [0, 0.05) is 15.6 Å². The van der Waals surface area contributed by atoms with Crippen molar-refractivity contribution in [1.82, 2.24) is 0 Å². The summed E-state index contributed by atoms with van der Waals surface area (Å²) < 4.78 is 0. The van der Waals surface area contributed by atoms with E-state index in [1.807, 2.05) is 0 Å². The van der Waals surface area contributed by atoms with Crippen molar-refractivity contribution in [3.8, 4) is 0 Å². The van der Waals surface area contributed by atoms with E-state index in [0.717, 1.165) is 0 Å². The van der Waals surface area contributed by atoms with Crippen LogP contribution < -0.4 is 34.7 Å². The first-order valence-electron chi connectivity index (χ1n) is 3.19. The Balaban J connectivity index is 0.00000144. The van der Waals surface area contributed by atoms with Crippen LogP contribution in [0.15, 0.2) is 12.1 Å². The van der Waals surface area contributed by atoms with Gasteiger partial charge in [0.25, 0.3) is 0 Å². The van der Waals surface area contributed by atoms with Crippen molar-refractivity contribution in [2.75, 3.05) is 0 Å². The Bertz CT molecular complexity index is 339. The maximum absolute atomic E-state index is 10.5. The molecule has 0 saturated carbocycles. The van der Waals surface area contributed by atoms with Gasteiger partial charge in [-0.1, -0.05) is 23.2 Å². The number of carboxylic acids is 1. The van der Waals surface area contributed by atoms with Crippen LogP contribution in [0, 0.1) is 6.92 Å². The molecule has 0 saturated heterocycles. The minimum absolute atomic E-state index is 0. The third-order valence-corrected chi connectivity index (χ3v) is 2.14. The molecule has 0 radical (unpaired) electrons. The maximum Gasteiger partial charge on any atom is 1.00 e. The summed E-state index contributed by atoms with van der Waals surface area (Å²) in [4.78, 5) is 10.5. The van der Waals surface area contributed by atoms with Crippen molar-refractivity contribution >= 4 is 29.2 Å². The van der Waals surface area contributed by atoms with Crippen LogP contribution in [0.2, 0.25) is 10.0 Å². The van der Waals surface area contributed by atoms with Crippen LogP contribution in [-0.4, -0.2) is 5.97 Å². The number of aromatic carboxylic acids is 1. The van der Waals surface area contributed by atoms with E-state index in [9.17, 15) is 9.90 Å². The standard InChI is InChI=1S/C8H6Cl2O2.Na/c1-4-6(8(11)12)2-5(9)3-7(4)10;/h2-3H,1H3,(H,11,12);/q;+1/p-1. The average Bonchev–Trinajstić information content (AvgIpc) is 1.96. The van der Waals surface area contributed by atoms with Crippen LogP contribution in [-0.2, 0) is 0 Å². The molecule has 2 nitrogen and oxygen atoms in total. The van der Waals surface area contributed by atoms with Crippen molar-refractivity contribution in [3.05, 3.63) is 33.3 Å².